The highest BCUT2D eigenvalue weighted by Gasteiger charge is 2.38. The van der Waals surface area contributed by atoms with E-state index in [-0.39, 0.29) is 42.8 Å². The number of carbonyl (C=O) groups excluding carboxylic acids is 2. The van der Waals surface area contributed by atoms with Crippen LogP contribution >= 0.6 is 0 Å². The normalized spacial score (nSPS) is 16.1. The first-order valence-electron chi connectivity index (χ1n) is 13.9. The maximum atomic E-state index is 13.6. The van der Waals surface area contributed by atoms with Gasteiger partial charge in [0.15, 0.2) is 0 Å². The summed E-state index contributed by atoms with van der Waals surface area (Å²) in [7, 11) is 0. The van der Waals surface area contributed by atoms with E-state index in [0.717, 1.165) is 5.56 Å². The molecule has 4 rings (SSSR count). The van der Waals surface area contributed by atoms with Crippen molar-refractivity contribution in [2.24, 2.45) is 5.73 Å². The third-order valence-corrected chi connectivity index (χ3v) is 7.09. The molecule has 42 heavy (non-hydrogen) atoms. The molecule has 1 aliphatic heterocycles. The lowest BCUT2D eigenvalue weighted by Crippen LogP contribution is -2.55. The number of urea groups is 1. The van der Waals surface area contributed by atoms with Crippen molar-refractivity contribution in [3.63, 3.8) is 0 Å². The molecular formula is C29H36N6O7. The molecule has 6 N–H and O–H groups in total. The Balaban J connectivity index is 1.47. The maximum Gasteiger partial charge on any atom is 0.326 e. The zero-order valence-corrected chi connectivity index (χ0v) is 23.3. The number of nitrogens with two attached hydrogens (primary N) is 1. The second kappa shape index (κ2) is 13.8. The van der Waals surface area contributed by atoms with Crippen LogP contribution in [-0.4, -0.2) is 78.4 Å². The minimum atomic E-state index is -1.08. The van der Waals surface area contributed by atoms with Gasteiger partial charge in [0.05, 0.1) is 6.04 Å². The number of carboxylic acids is 1. The van der Waals surface area contributed by atoms with E-state index in [0.29, 0.717) is 37.8 Å². The summed E-state index contributed by atoms with van der Waals surface area (Å²) in [6.07, 6.45) is 2.01. The monoisotopic (exact) mass is 580 g/mol. The molecule has 3 unspecified atom stereocenters. The highest BCUT2D eigenvalue weighted by Crippen LogP contribution is 2.21. The SMILES string of the molecule is CCCN(Cc1nnc(C(N)Cc2ccc(O)cc2)o1)C(=O)NC(Cc1ccc(O)cc1)C(=O)N1CCCC1C(=O)O. The van der Waals surface area contributed by atoms with Gasteiger partial charge in [-0.1, -0.05) is 31.2 Å². The average molecular weight is 581 g/mol. The van der Waals surface area contributed by atoms with Crippen LogP contribution in [0.1, 0.15) is 55.1 Å². The van der Waals surface area contributed by atoms with Crippen molar-refractivity contribution in [3.8, 4) is 11.5 Å². The van der Waals surface area contributed by atoms with Gasteiger partial charge in [0.1, 0.15) is 30.1 Å². The maximum absolute atomic E-state index is 13.6. The molecule has 3 amide bonds. The molecule has 3 aromatic rings. The van der Waals surface area contributed by atoms with E-state index in [2.05, 4.69) is 15.5 Å². The van der Waals surface area contributed by atoms with Crippen LogP contribution in [-0.2, 0) is 29.0 Å². The second-order valence-electron chi connectivity index (χ2n) is 10.3. The zero-order valence-electron chi connectivity index (χ0n) is 23.3. The molecule has 0 saturated carbocycles. The van der Waals surface area contributed by atoms with E-state index in [4.69, 9.17) is 10.2 Å². The van der Waals surface area contributed by atoms with E-state index in [1.165, 1.54) is 21.9 Å². The highest BCUT2D eigenvalue weighted by atomic mass is 16.4. The standard InChI is InChI=1S/C29H36N6O7/c1-2-13-34(17-25-32-33-26(42-25)22(30)15-18-5-9-20(36)10-6-18)29(41)31-23(16-19-7-11-21(37)12-8-19)27(38)35-14-3-4-24(35)28(39)40/h5-12,22-24,36-37H,2-4,13-17,30H2,1H3,(H,31,41)(H,39,40). The largest absolute Gasteiger partial charge is 0.508 e. The second-order valence-corrected chi connectivity index (χ2v) is 10.3. The van der Waals surface area contributed by atoms with Crippen LogP contribution in [0.5, 0.6) is 11.5 Å². The van der Waals surface area contributed by atoms with Crippen LogP contribution < -0.4 is 11.1 Å². The molecule has 0 aliphatic carbocycles. The van der Waals surface area contributed by atoms with Crippen molar-refractivity contribution in [3.05, 3.63) is 71.4 Å². The number of amides is 3. The number of aromatic nitrogens is 2. The zero-order chi connectivity index (χ0) is 30.2. The fraction of sp³-hybridized carbons (Fsp3) is 0.414. The number of likely N-dealkylation sites (tertiary alicyclic amines) is 1. The summed E-state index contributed by atoms with van der Waals surface area (Å²) in [5.74, 6) is -0.995. The van der Waals surface area contributed by atoms with Crippen molar-refractivity contribution in [1.29, 1.82) is 0 Å². The van der Waals surface area contributed by atoms with E-state index in [1.54, 1.807) is 36.4 Å². The summed E-state index contributed by atoms with van der Waals surface area (Å²) in [4.78, 5) is 41.6. The number of aliphatic carboxylic acids is 1. The predicted molar refractivity (Wildman–Crippen MR) is 150 cm³/mol. The minimum Gasteiger partial charge on any atom is -0.508 e. The molecule has 1 aliphatic rings. The molecule has 13 nitrogen and oxygen atoms in total. The van der Waals surface area contributed by atoms with E-state index in [1.807, 2.05) is 6.92 Å². The number of hydrogen-bond acceptors (Lipinski definition) is 9. The lowest BCUT2D eigenvalue weighted by atomic mass is 10.0. The summed E-state index contributed by atoms with van der Waals surface area (Å²) in [5, 5.41) is 39.6. The highest BCUT2D eigenvalue weighted by molar-refractivity contribution is 5.90. The van der Waals surface area contributed by atoms with Gasteiger partial charge in [0.25, 0.3) is 0 Å². The van der Waals surface area contributed by atoms with Crippen molar-refractivity contribution >= 4 is 17.9 Å². The van der Waals surface area contributed by atoms with Crippen LogP contribution in [0.4, 0.5) is 4.79 Å². The number of hydrogen-bond donors (Lipinski definition) is 5. The first-order valence-corrected chi connectivity index (χ1v) is 13.9. The lowest BCUT2D eigenvalue weighted by Gasteiger charge is -2.29. The quantitative estimate of drug-likeness (QED) is 0.212. The summed E-state index contributed by atoms with van der Waals surface area (Å²) < 4.78 is 5.77. The molecule has 1 fully saturated rings. The fourth-order valence-electron chi connectivity index (χ4n) is 4.93. The van der Waals surface area contributed by atoms with Crippen molar-refractivity contribution in [2.45, 2.75) is 63.7 Å². The van der Waals surface area contributed by atoms with Gasteiger partial charge in [-0.15, -0.1) is 10.2 Å². The summed E-state index contributed by atoms with van der Waals surface area (Å²) in [5.41, 5.74) is 7.81. The Kier molecular flexibility index (Phi) is 9.97. The number of phenols is 2. The minimum absolute atomic E-state index is 0.0276. The Hall–Kier alpha value is -4.65. The van der Waals surface area contributed by atoms with Gasteiger partial charge in [0.2, 0.25) is 17.7 Å². The molecule has 13 heteroatoms. The predicted octanol–water partition coefficient (Wildman–Crippen LogP) is 2.33. The summed E-state index contributed by atoms with van der Waals surface area (Å²) in [6, 6.07) is 9.73. The smallest absolute Gasteiger partial charge is 0.326 e. The van der Waals surface area contributed by atoms with Gasteiger partial charge in [-0.3, -0.25) is 4.79 Å². The first kappa shape index (κ1) is 30.3. The molecule has 1 aromatic heterocycles. The molecule has 2 aromatic carbocycles. The van der Waals surface area contributed by atoms with Gasteiger partial charge in [-0.05, 0) is 61.1 Å². The third kappa shape index (κ3) is 7.75. The topological polar surface area (TPSA) is 195 Å². The van der Waals surface area contributed by atoms with Gasteiger partial charge in [-0.25, -0.2) is 9.59 Å². The average Bonchev–Trinajstić information content (AvgIpc) is 3.65. The lowest BCUT2D eigenvalue weighted by molar-refractivity contribution is -0.148. The Labute approximate surface area is 242 Å². The van der Waals surface area contributed by atoms with Crippen LogP contribution in [0.15, 0.2) is 52.9 Å². The number of phenolic OH excluding ortho intramolecular Hbond substituents is 2. The van der Waals surface area contributed by atoms with Crippen molar-refractivity contribution in [1.82, 2.24) is 25.3 Å². The molecule has 2 heterocycles. The van der Waals surface area contributed by atoms with Crippen molar-refractivity contribution < 1.29 is 34.1 Å². The number of benzene rings is 2. The van der Waals surface area contributed by atoms with Gasteiger partial charge < -0.3 is 40.6 Å². The number of carboxylic acid groups (broad SMARTS) is 1. The van der Waals surface area contributed by atoms with Crippen molar-refractivity contribution in [2.75, 3.05) is 13.1 Å². The molecule has 1 saturated heterocycles. The Morgan fingerprint density at radius 1 is 1.05 bits per heavy atom. The van der Waals surface area contributed by atoms with Crippen LogP contribution in [0.2, 0.25) is 0 Å². The molecule has 3 atom stereocenters. The molecule has 0 bridgehead atoms. The molecule has 224 valence electrons. The number of aromatic hydroxyl groups is 2. The van der Waals surface area contributed by atoms with E-state index >= 15 is 0 Å². The fourth-order valence-corrected chi connectivity index (χ4v) is 4.93. The number of carbonyl (C=O) groups is 3. The Morgan fingerprint density at radius 2 is 1.67 bits per heavy atom. The number of rotatable bonds is 12. The van der Waals surface area contributed by atoms with Crippen LogP contribution in [0, 0.1) is 0 Å². The summed E-state index contributed by atoms with van der Waals surface area (Å²) in [6.45, 7) is 2.48. The van der Waals surface area contributed by atoms with Gasteiger partial charge >= 0.3 is 12.0 Å². The Morgan fingerprint density at radius 3 is 2.26 bits per heavy atom. The third-order valence-electron chi connectivity index (χ3n) is 7.09. The van der Waals surface area contributed by atoms with Gasteiger partial charge in [0, 0.05) is 19.5 Å². The molecule has 0 spiro atoms. The van der Waals surface area contributed by atoms with E-state index in [9.17, 15) is 29.7 Å². The van der Waals surface area contributed by atoms with Crippen LogP contribution in [0.3, 0.4) is 0 Å². The van der Waals surface area contributed by atoms with Gasteiger partial charge in [-0.2, -0.15) is 0 Å². The van der Waals surface area contributed by atoms with E-state index < -0.39 is 36.0 Å². The number of nitrogens with one attached hydrogen (secondary N) is 1. The van der Waals surface area contributed by atoms with Crippen LogP contribution in [0.25, 0.3) is 0 Å². The Bertz CT molecular complexity index is 1360. The first-order chi connectivity index (χ1) is 20.1. The number of nitrogens with zero attached hydrogens (tertiary/aromatic N) is 4. The summed E-state index contributed by atoms with van der Waals surface area (Å²) >= 11 is 0. The molecular weight excluding hydrogens is 544 g/mol. The molecule has 0 radical (unpaired) electrons.